The lowest BCUT2D eigenvalue weighted by atomic mass is 10.2. The van der Waals surface area contributed by atoms with Gasteiger partial charge in [-0.25, -0.2) is 14.6 Å². The molecule has 1 amide bonds. The Morgan fingerprint density at radius 2 is 1.88 bits per heavy atom. The predicted octanol–water partition coefficient (Wildman–Crippen LogP) is 1.73. The van der Waals surface area contributed by atoms with Crippen LogP contribution in [0.2, 0.25) is 0 Å². The van der Waals surface area contributed by atoms with Crippen molar-refractivity contribution in [2.45, 2.75) is 0 Å². The molecule has 0 aliphatic carbocycles. The van der Waals surface area contributed by atoms with Gasteiger partial charge in [0.25, 0.3) is 0 Å². The first-order valence-corrected chi connectivity index (χ1v) is 7.77. The second kappa shape index (κ2) is 7.97. The van der Waals surface area contributed by atoms with Crippen molar-refractivity contribution in [3.05, 3.63) is 49.1 Å². The van der Waals surface area contributed by atoms with Gasteiger partial charge in [-0.2, -0.15) is 5.10 Å². The zero-order chi connectivity index (χ0) is 18.4. The van der Waals surface area contributed by atoms with Crippen LogP contribution in [0.5, 0.6) is 11.5 Å². The summed E-state index contributed by atoms with van der Waals surface area (Å²) in [5, 5.41) is 9.94. The lowest BCUT2D eigenvalue weighted by molar-refractivity contribution is -0.114. The van der Waals surface area contributed by atoms with E-state index in [0.29, 0.717) is 28.8 Å². The average Bonchev–Trinajstić information content (AvgIpc) is 3.16. The molecule has 0 bridgehead atoms. The first-order valence-electron chi connectivity index (χ1n) is 7.77. The van der Waals surface area contributed by atoms with Gasteiger partial charge in [0.1, 0.15) is 0 Å². The Bertz CT molecular complexity index is 881. The molecule has 26 heavy (non-hydrogen) atoms. The normalized spacial score (nSPS) is 10.2. The quantitative estimate of drug-likeness (QED) is 0.666. The van der Waals surface area contributed by atoms with E-state index in [0.717, 1.165) is 0 Å². The van der Waals surface area contributed by atoms with Crippen LogP contribution in [0.1, 0.15) is 0 Å². The van der Waals surface area contributed by atoms with Gasteiger partial charge in [0.05, 0.1) is 38.8 Å². The summed E-state index contributed by atoms with van der Waals surface area (Å²) >= 11 is 0. The molecule has 0 aliphatic rings. The number of ether oxygens (including phenoxy) is 2. The van der Waals surface area contributed by atoms with E-state index in [1.807, 2.05) is 0 Å². The Kier molecular flexibility index (Phi) is 5.28. The first-order chi connectivity index (χ1) is 12.7. The van der Waals surface area contributed by atoms with Gasteiger partial charge in [0.15, 0.2) is 11.5 Å². The number of benzene rings is 1. The van der Waals surface area contributed by atoms with Gasteiger partial charge < -0.3 is 20.1 Å². The SMILES string of the molecule is COc1ccc(NC(=O)CNc2cnn(-c3ncccn3)c2)cc1OC. The number of amides is 1. The van der Waals surface area contributed by atoms with E-state index in [1.54, 1.807) is 63.3 Å². The largest absolute Gasteiger partial charge is 0.493 e. The third-order valence-corrected chi connectivity index (χ3v) is 3.46. The van der Waals surface area contributed by atoms with E-state index in [-0.39, 0.29) is 12.5 Å². The second-order valence-electron chi connectivity index (χ2n) is 5.19. The van der Waals surface area contributed by atoms with Gasteiger partial charge in [-0.15, -0.1) is 0 Å². The van der Waals surface area contributed by atoms with Crippen molar-refractivity contribution in [1.29, 1.82) is 0 Å². The number of aromatic nitrogens is 4. The highest BCUT2D eigenvalue weighted by Gasteiger charge is 2.08. The van der Waals surface area contributed by atoms with Crippen LogP contribution in [0.4, 0.5) is 11.4 Å². The summed E-state index contributed by atoms with van der Waals surface area (Å²) in [7, 11) is 3.10. The summed E-state index contributed by atoms with van der Waals surface area (Å²) in [4.78, 5) is 20.3. The van der Waals surface area contributed by atoms with Crippen LogP contribution in [-0.4, -0.2) is 46.4 Å². The third-order valence-electron chi connectivity index (χ3n) is 3.46. The Morgan fingerprint density at radius 1 is 1.12 bits per heavy atom. The number of methoxy groups -OCH3 is 2. The van der Waals surface area contributed by atoms with Crippen molar-refractivity contribution in [3.63, 3.8) is 0 Å². The Balaban J connectivity index is 1.57. The van der Waals surface area contributed by atoms with E-state index in [9.17, 15) is 4.79 Å². The predicted molar refractivity (Wildman–Crippen MR) is 95.8 cm³/mol. The highest BCUT2D eigenvalue weighted by molar-refractivity contribution is 5.94. The number of nitrogens with one attached hydrogen (secondary N) is 2. The molecule has 1 aromatic carbocycles. The number of carbonyl (C=O) groups excluding carboxylic acids is 1. The fourth-order valence-corrected chi connectivity index (χ4v) is 2.23. The van der Waals surface area contributed by atoms with Gasteiger partial charge in [-0.05, 0) is 18.2 Å². The van der Waals surface area contributed by atoms with Crippen LogP contribution < -0.4 is 20.1 Å². The Morgan fingerprint density at radius 3 is 2.62 bits per heavy atom. The minimum absolute atomic E-state index is 0.0791. The maximum Gasteiger partial charge on any atom is 0.250 e. The van der Waals surface area contributed by atoms with E-state index in [1.165, 1.54) is 4.68 Å². The molecule has 3 rings (SSSR count). The number of nitrogens with zero attached hydrogens (tertiary/aromatic N) is 4. The molecule has 2 heterocycles. The number of hydrogen-bond donors (Lipinski definition) is 2. The molecule has 0 aliphatic heterocycles. The lowest BCUT2D eigenvalue weighted by Crippen LogP contribution is -2.21. The molecule has 0 saturated carbocycles. The summed E-state index contributed by atoms with van der Waals surface area (Å²) in [5.74, 6) is 1.39. The number of hydrogen-bond acceptors (Lipinski definition) is 7. The van der Waals surface area contributed by atoms with Crippen LogP contribution in [0.15, 0.2) is 49.1 Å². The van der Waals surface area contributed by atoms with Crippen molar-refractivity contribution in [3.8, 4) is 17.4 Å². The minimum Gasteiger partial charge on any atom is -0.493 e. The van der Waals surface area contributed by atoms with Crippen molar-refractivity contribution < 1.29 is 14.3 Å². The van der Waals surface area contributed by atoms with Crippen LogP contribution in [-0.2, 0) is 4.79 Å². The molecular weight excluding hydrogens is 336 g/mol. The second-order valence-corrected chi connectivity index (χ2v) is 5.19. The fourth-order valence-electron chi connectivity index (χ4n) is 2.23. The Labute approximate surface area is 150 Å². The lowest BCUT2D eigenvalue weighted by Gasteiger charge is -2.10. The minimum atomic E-state index is -0.207. The molecule has 0 fully saturated rings. The van der Waals surface area contributed by atoms with Gasteiger partial charge in [0.2, 0.25) is 11.9 Å². The molecule has 0 radical (unpaired) electrons. The van der Waals surface area contributed by atoms with Gasteiger partial charge in [-0.1, -0.05) is 0 Å². The van der Waals surface area contributed by atoms with Crippen LogP contribution in [0, 0.1) is 0 Å². The summed E-state index contributed by atoms with van der Waals surface area (Å²) in [5.41, 5.74) is 1.29. The smallest absolute Gasteiger partial charge is 0.250 e. The number of carbonyl (C=O) groups is 1. The summed E-state index contributed by atoms with van der Waals surface area (Å²) < 4.78 is 11.9. The third kappa shape index (κ3) is 4.07. The molecule has 0 spiro atoms. The molecular formula is C17H18N6O3. The molecule has 2 N–H and O–H groups in total. The molecule has 2 aromatic heterocycles. The van der Waals surface area contributed by atoms with Crippen molar-refractivity contribution in [2.75, 3.05) is 31.4 Å². The summed E-state index contributed by atoms with van der Waals surface area (Å²) in [6.07, 6.45) is 6.57. The average molecular weight is 354 g/mol. The zero-order valence-electron chi connectivity index (χ0n) is 14.3. The van der Waals surface area contributed by atoms with Crippen LogP contribution in [0.25, 0.3) is 5.95 Å². The molecule has 0 atom stereocenters. The van der Waals surface area contributed by atoms with Crippen molar-refractivity contribution in [2.24, 2.45) is 0 Å². The van der Waals surface area contributed by atoms with Crippen molar-refractivity contribution in [1.82, 2.24) is 19.7 Å². The standard InChI is InChI=1S/C17H18N6O3/c1-25-14-5-4-12(8-15(14)26-2)22-16(24)10-20-13-9-21-23(11-13)17-18-6-3-7-19-17/h3-9,11,20H,10H2,1-2H3,(H,22,24). The fraction of sp³-hybridized carbons (Fsp3) is 0.176. The van der Waals surface area contributed by atoms with E-state index >= 15 is 0 Å². The molecule has 0 saturated heterocycles. The van der Waals surface area contributed by atoms with Gasteiger partial charge >= 0.3 is 0 Å². The molecule has 0 unspecified atom stereocenters. The summed E-state index contributed by atoms with van der Waals surface area (Å²) in [6, 6.07) is 6.89. The van der Waals surface area contributed by atoms with Crippen LogP contribution in [0.3, 0.4) is 0 Å². The number of rotatable bonds is 7. The first kappa shape index (κ1) is 17.2. The summed E-state index contributed by atoms with van der Waals surface area (Å²) in [6.45, 7) is 0.0791. The maximum absolute atomic E-state index is 12.1. The molecule has 9 heteroatoms. The monoisotopic (exact) mass is 354 g/mol. The molecule has 134 valence electrons. The molecule has 9 nitrogen and oxygen atoms in total. The zero-order valence-corrected chi connectivity index (χ0v) is 14.3. The van der Waals surface area contributed by atoms with Crippen molar-refractivity contribution >= 4 is 17.3 Å². The van der Waals surface area contributed by atoms with Gasteiger partial charge in [0, 0.05) is 24.1 Å². The maximum atomic E-state index is 12.1. The van der Waals surface area contributed by atoms with Crippen LogP contribution >= 0.6 is 0 Å². The van der Waals surface area contributed by atoms with Gasteiger partial charge in [-0.3, -0.25) is 4.79 Å². The highest BCUT2D eigenvalue weighted by Crippen LogP contribution is 2.29. The topological polar surface area (TPSA) is 103 Å². The highest BCUT2D eigenvalue weighted by atomic mass is 16.5. The Hall–Kier alpha value is -3.62. The molecule has 3 aromatic rings. The van der Waals surface area contributed by atoms with E-state index in [2.05, 4.69) is 25.7 Å². The van der Waals surface area contributed by atoms with E-state index < -0.39 is 0 Å². The number of anilines is 2. The van der Waals surface area contributed by atoms with E-state index in [4.69, 9.17) is 9.47 Å².